The average molecular weight is 474 g/mol. The second-order valence-corrected chi connectivity index (χ2v) is 9.15. The third-order valence-electron chi connectivity index (χ3n) is 5.50. The molecule has 2 aromatic rings. The fourth-order valence-corrected chi connectivity index (χ4v) is 3.72. The van der Waals surface area contributed by atoms with Crippen molar-refractivity contribution >= 4 is 34.6 Å². The number of carbonyl (C=O) groups excluding carboxylic acids is 3. The van der Waals surface area contributed by atoms with E-state index in [2.05, 4.69) is 20.9 Å². The first-order chi connectivity index (χ1) is 16.0. The van der Waals surface area contributed by atoms with Crippen LogP contribution in [0.5, 0.6) is 0 Å². The molecule has 2 rings (SSSR count). The number of carboxylic acid groups (broad SMARTS) is 1. The summed E-state index contributed by atoms with van der Waals surface area (Å²) in [7, 11) is 0. The van der Waals surface area contributed by atoms with Gasteiger partial charge in [0.1, 0.15) is 18.1 Å². The van der Waals surface area contributed by atoms with Crippen LogP contribution < -0.4 is 21.7 Å². The highest BCUT2D eigenvalue weighted by Crippen LogP contribution is 2.19. The van der Waals surface area contributed by atoms with Crippen molar-refractivity contribution in [2.45, 2.75) is 58.7 Å². The third-order valence-corrected chi connectivity index (χ3v) is 5.50. The van der Waals surface area contributed by atoms with Gasteiger partial charge in [0.25, 0.3) is 0 Å². The molecule has 7 N–H and O–H groups in total. The Morgan fingerprint density at radius 2 is 1.62 bits per heavy atom. The van der Waals surface area contributed by atoms with Gasteiger partial charge in [0.05, 0.1) is 6.54 Å². The molecule has 0 fully saturated rings. The van der Waals surface area contributed by atoms with E-state index in [1.54, 1.807) is 20.0 Å². The molecule has 10 nitrogen and oxygen atoms in total. The van der Waals surface area contributed by atoms with E-state index < -0.39 is 41.8 Å². The summed E-state index contributed by atoms with van der Waals surface area (Å²) in [5.41, 5.74) is 6.98. The van der Waals surface area contributed by atoms with Crippen LogP contribution in [0.2, 0.25) is 0 Å². The number of carbonyl (C=O) groups is 4. The summed E-state index contributed by atoms with van der Waals surface area (Å²) < 4.78 is 0. The number of hydrogen-bond acceptors (Lipinski definition) is 5. The second kappa shape index (κ2) is 12.2. The highest BCUT2D eigenvalue weighted by atomic mass is 16.4. The summed E-state index contributed by atoms with van der Waals surface area (Å²) in [6.45, 7) is 7.05. The molecule has 3 amide bonds. The SMILES string of the molecule is CC(C)C[C@H](NC(=O)[C@@H](NC(=O)CN)C(C)C)C(=O)N[C@@H](Cc1c[nH]c2ccccc12)C(=O)O. The molecule has 0 aliphatic rings. The predicted molar refractivity (Wildman–Crippen MR) is 129 cm³/mol. The topological polar surface area (TPSA) is 166 Å². The van der Waals surface area contributed by atoms with Crippen LogP contribution in [-0.2, 0) is 25.6 Å². The van der Waals surface area contributed by atoms with Crippen LogP contribution in [0.1, 0.15) is 39.7 Å². The van der Waals surface area contributed by atoms with Gasteiger partial charge in [-0.15, -0.1) is 0 Å². The number of aromatic nitrogens is 1. The molecule has 1 aromatic heterocycles. The van der Waals surface area contributed by atoms with Crippen molar-refractivity contribution in [3.8, 4) is 0 Å². The van der Waals surface area contributed by atoms with Crippen LogP contribution in [-0.4, -0.2) is 58.5 Å². The number of para-hydroxylation sites is 1. The van der Waals surface area contributed by atoms with E-state index in [9.17, 15) is 24.3 Å². The summed E-state index contributed by atoms with van der Waals surface area (Å²) in [6.07, 6.45) is 2.11. The maximum atomic E-state index is 13.1. The van der Waals surface area contributed by atoms with Crippen LogP contribution in [0.25, 0.3) is 10.9 Å². The molecule has 0 unspecified atom stereocenters. The standard InChI is InChI=1S/C24H35N5O5/c1-13(2)9-18(27-23(32)21(14(3)4)29-20(30)11-25)22(31)28-19(24(33)34)10-15-12-26-17-8-6-5-7-16(15)17/h5-8,12-14,18-19,21,26H,9-11,25H2,1-4H3,(H,27,32)(H,28,31)(H,29,30)(H,33,34)/t18-,19-,21-/m0/s1. The Bertz CT molecular complexity index is 1020. The van der Waals surface area contributed by atoms with Gasteiger partial charge in [0.15, 0.2) is 0 Å². The van der Waals surface area contributed by atoms with Gasteiger partial charge in [0.2, 0.25) is 17.7 Å². The first kappa shape index (κ1) is 26.8. The molecular formula is C24H35N5O5. The van der Waals surface area contributed by atoms with Gasteiger partial charge in [0, 0.05) is 23.5 Å². The summed E-state index contributed by atoms with van der Waals surface area (Å²) in [4.78, 5) is 52.7. The maximum absolute atomic E-state index is 13.1. The molecule has 1 aromatic carbocycles. The largest absolute Gasteiger partial charge is 0.480 e. The quantitative estimate of drug-likeness (QED) is 0.268. The van der Waals surface area contributed by atoms with Crippen LogP contribution in [0.3, 0.4) is 0 Å². The number of aliphatic carboxylic acids is 1. The van der Waals surface area contributed by atoms with E-state index in [1.165, 1.54) is 0 Å². The molecule has 34 heavy (non-hydrogen) atoms. The van der Waals surface area contributed by atoms with Crippen molar-refractivity contribution in [2.24, 2.45) is 17.6 Å². The van der Waals surface area contributed by atoms with Crippen molar-refractivity contribution in [1.29, 1.82) is 0 Å². The Labute approximate surface area is 199 Å². The lowest BCUT2D eigenvalue weighted by Gasteiger charge is -2.27. The van der Waals surface area contributed by atoms with Crippen molar-refractivity contribution in [1.82, 2.24) is 20.9 Å². The minimum Gasteiger partial charge on any atom is -0.480 e. The first-order valence-corrected chi connectivity index (χ1v) is 11.4. The molecule has 0 saturated carbocycles. The fourth-order valence-electron chi connectivity index (χ4n) is 3.72. The second-order valence-electron chi connectivity index (χ2n) is 9.15. The van der Waals surface area contributed by atoms with Crippen molar-refractivity contribution in [3.05, 3.63) is 36.0 Å². The Morgan fingerprint density at radius 3 is 2.21 bits per heavy atom. The monoisotopic (exact) mass is 473 g/mol. The molecule has 10 heteroatoms. The zero-order valence-electron chi connectivity index (χ0n) is 20.1. The number of H-pyrrole nitrogens is 1. The first-order valence-electron chi connectivity index (χ1n) is 11.4. The van der Waals surface area contributed by atoms with Gasteiger partial charge in [-0.1, -0.05) is 45.9 Å². The summed E-state index contributed by atoms with van der Waals surface area (Å²) in [6, 6.07) is 4.47. The fraction of sp³-hybridized carbons (Fsp3) is 0.500. The maximum Gasteiger partial charge on any atom is 0.326 e. The Kier molecular flexibility index (Phi) is 9.61. The molecule has 186 valence electrons. The zero-order valence-corrected chi connectivity index (χ0v) is 20.1. The zero-order chi connectivity index (χ0) is 25.4. The molecule has 0 radical (unpaired) electrons. The van der Waals surface area contributed by atoms with Crippen LogP contribution in [0, 0.1) is 11.8 Å². The third kappa shape index (κ3) is 7.31. The van der Waals surface area contributed by atoms with E-state index >= 15 is 0 Å². The van der Waals surface area contributed by atoms with E-state index in [-0.39, 0.29) is 24.8 Å². The lowest BCUT2D eigenvalue weighted by Crippen LogP contribution is -2.57. The van der Waals surface area contributed by atoms with Crippen LogP contribution >= 0.6 is 0 Å². The number of hydrogen-bond donors (Lipinski definition) is 6. The normalized spacial score (nSPS) is 14.0. The van der Waals surface area contributed by atoms with Gasteiger partial charge < -0.3 is 31.8 Å². The minimum absolute atomic E-state index is 0.0454. The summed E-state index contributed by atoms with van der Waals surface area (Å²) >= 11 is 0. The Balaban J connectivity index is 2.17. The van der Waals surface area contributed by atoms with Gasteiger partial charge in [-0.25, -0.2) is 4.79 Å². The molecule has 0 aliphatic carbocycles. The van der Waals surface area contributed by atoms with Crippen molar-refractivity contribution < 1.29 is 24.3 Å². The Hall–Kier alpha value is -3.40. The molecule has 0 aliphatic heterocycles. The summed E-state index contributed by atoms with van der Waals surface area (Å²) in [5.74, 6) is -2.98. The highest BCUT2D eigenvalue weighted by Gasteiger charge is 2.31. The van der Waals surface area contributed by atoms with Gasteiger partial charge in [-0.2, -0.15) is 0 Å². The number of fused-ring (bicyclic) bond motifs is 1. The van der Waals surface area contributed by atoms with E-state index in [4.69, 9.17) is 5.73 Å². The van der Waals surface area contributed by atoms with Crippen LogP contribution in [0.4, 0.5) is 0 Å². The van der Waals surface area contributed by atoms with E-state index in [0.717, 1.165) is 16.5 Å². The number of carboxylic acids is 1. The van der Waals surface area contributed by atoms with Gasteiger partial charge in [-0.05, 0) is 29.9 Å². The number of aromatic amines is 1. The minimum atomic E-state index is -1.18. The highest BCUT2D eigenvalue weighted by molar-refractivity contribution is 5.94. The molecule has 1 heterocycles. The number of benzene rings is 1. The van der Waals surface area contributed by atoms with Gasteiger partial charge in [-0.3, -0.25) is 14.4 Å². The smallest absolute Gasteiger partial charge is 0.326 e. The van der Waals surface area contributed by atoms with E-state index in [0.29, 0.717) is 6.42 Å². The van der Waals surface area contributed by atoms with E-state index in [1.807, 2.05) is 38.1 Å². The lowest BCUT2D eigenvalue weighted by molar-refractivity contribution is -0.142. The van der Waals surface area contributed by atoms with Crippen molar-refractivity contribution in [2.75, 3.05) is 6.54 Å². The number of nitrogens with two attached hydrogens (primary N) is 1. The number of amides is 3. The number of nitrogens with one attached hydrogen (secondary N) is 4. The Morgan fingerprint density at radius 1 is 0.971 bits per heavy atom. The molecular weight excluding hydrogens is 438 g/mol. The van der Waals surface area contributed by atoms with Crippen LogP contribution in [0.15, 0.2) is 30.5 Å². The molecule has 0 bridgehead atoms. The molecule has 0 saturated heterocycles. The van der Waals surface area contributed by atoms with Gasteiger partial charge >= 0.3 is 5.97 Å². The van der Waals surface area contributed by atoms with Crippen molar-refractivity contribution in [3.63, 3.8) is 0 Å². The summed E-state index contributed by atoms with van der Waals surface area (Å²) in [5, 5.41) is 18.5. The average Bonchev–Trinajstić information content (AvgIpc) is 3.18. The molecule has 3 atom stereocenters. The number of rotatable bonds is 12. The lowest BCUT2D eigenvalue weighted by atomic mass is 9.99. The predicted octanol–water partition coefficient (Wildman–Crippen LogP) is 0.910. The molecule has 0 spiro atoms.